The van der Waals surface area contributed by atoms with Crippen molar-refractivity contribution >= 4 is 11.6 Å². The summed E-state index contributed by atoms with van der Waals surface area (Å²) in [6.45, 7) is 6.00. The molecule has 0 saturated heterocycles. The second-order valence-corrected chi connectivity index (χ2v) is 7.64. The van der Waals surface area contributed by atoms with Gasteiger partial charge in [-0.05, 0) is 74.4 Å². The Morgan fingerprint density at radius 2 is 1.61 bits per heavy atom. The van der Waals surface area contributed by atoms with Gasteiger partial charge in [0.15, 0.2) is 5.82 Å². The maximum Gasteiger partial charge on any atom is 0.238 e. The largest absolute Gasteiger partial charge is 0.497 e. The second-order valence-electron chi connectivity index (χ2n) is 7.64. The van der Waals surface area contributed by atoms with E-state index in [1.54, 1.807) is 42.1 Å². The van der Waals surface area contributed by atoms with E-state index in [-0.39, 0.29) is 12.3 Å². The number of carbonyl (C=O) groups excluding carboxylic acids is 1. The van der Waals surface area contributed by atoms with E-state index in [0.717, 1.165) is 28.3 Å². The Balaban J connectivity index is 1.35. The Bertz CT molecular complexity index is 1250. The molecule has 0 atom stereocenters. The summed E-state index contributed by atoms with van der Waals surface area (Å²) in [7, 11) is 1.61. The van der Waals surface area contributed by atoms with Crippen molar-refractivity contribution < 1.29 is 14.3 Å². The minimum Gasteiger partial charge on any atom is -0.497 e. The van der Waals surface area contributed by atoms with Crippen molar-refractivity contribution in [1.29, 1.82) is 0 Å². The number of aromatic nitrogens is 4. The molecule has 1 amide bonds. The number of rotatable bonds is 7. The summed E-state index contributed by atoms with van der Waals surface area (Å²) in [4.78, 5) is 12.3. The van der Waals surface area contributed by atoms with E-state index in [1.807, 2.05) is 51.1 Å². The third-order valence-electron chi connectivity index (χ3n) is 5.38. The number of ether oxygens (including phenoxy) is 2. The summed E-state index contributed by atoms with van der Waals surface area (Å²) in [5.41, 5.74) is 4.72. The van der Waals surface area contributed by atoms with Crippen LogP contribution in [0.2, 0.25) is 0 Å². The lowest BCUT2D eigenvalue weighted by molar-refractivity contribution is -0.115. The first-order valence-corrected chi connectivity index (χ1v) is 10.5. The molecule has 0 fully saturated rings. The molecule has 0 saturated carbocycles. The van der Waals surface area contributed by atoms with Gasteiger partial charge in [0, 0.05) is 17.4 Å². The number of hydrogen-bond donors (Lipinski definition) is 1. The molecule has 1 N–H and O–H groups in total. The molecular formula is C25H25N5O3. The van der Waals surface area contributed by atoms with Crippen molar-refractivity contribution in [3.05, 3.63) is 83.2 Å². The fraction of sp³-hybridized carbons (Fsp3) is 0.200. The first-order chi connectivity index (χ1) is 15.9. The number of nitrogens with zero attached hydrogens (tertiary/aromatic N) is 4. The van der Waals surface area contributed by atoms with E-state index in [9.17, 15) is 4.79 Å². The molecule has 0 bridgehead atoms. The number of aryl methyl sites for hydroxylation is 1. The molecule has 0 unspecified atom stereocenters. The van der Waals surface area contributed by atoms with E-state index in [1.165, 1.54) is 0 Å². The number of anilines is 1. The number of hydrogen-bond acceptors (Lipinski definition) is 6. The Labute approximate surface area is 192 Å². The SMILES string of the molecule is COc1ccc(CC(=O)Nc2ccc(Oc3ccc(-n4nc(C)c(C)c4C)nn3)cc2)cc1. The molecule has 2 heterocycles. The highest BCUT2D eigenvalue weighted by atomic mass is 16.5. The van der Waals surface area contributed by atoms with Gasteiger partial charge in [0.1, 0.15) is 11.5 Å². The van der Waals surface area contributed by atoms with Gasteiger partial charge in [-0.2, -0.15) is 5.10 Å². The average Bonchev–Trinajstić information content (AvgIpc) is 3.08. The smallest absolute Gasteiger partial charge is 0.238 e. The van der Waals surface area contributed by atoms with Gasteiger partial charge in [-0.15, -0.1) is 10.2 Å². The number of amides is 1. The maximum atomic E-state index is 12.3. The summed E-state index contributed by atoms with van der Waals surface area (Å²) in [6.07, 6.45) is 0.277. The normalized spacial score (nSPS) is 10.7. The highest BCUT2D eigenvalue weighted by molar-refractivity contribution is 5.92. The molecule has 8 heteroatoms. The first-order valence-electron chi connectivity index (χ1n) is 10.5. The summed E-state index contributed by atoms with van der Waals surface area (Å²) in [5, 5.41) is 15.8. The number of nitrogens with one attached hydrogen (secondary N) is 1. The summed E-state index contributed by atoms with van der Waals surface area (Å²) in [5.74, 6) is 2.25. The Morgan fingerprint density at radius 3 is 2.18 bits per heavy atom. The van der Waals surface area contributed by atoms with Crippen molar-refractivity contribution in [3.8, 4) is 23.2 Å². The predicted octanol–water partition coefficient (Wildman–Crippen LogP) is 4.57. The summed E-state index contributed by atoms with van der Waals surface area (Å²) < 4.78 is 12.7. The molecule has 33 heavy (non-hydrogen) atoms. The quantitative estimate of drug-likeness (QED) is 0.450. The maximum absolute atomic E-state index is 12.3. The lowest BCUT2D eigenvalue weighted by Crippen LogP contribution is -2.14. The number of methoxy groups -OCH3 is 1. The number of carbonyl (C=O) groups is 1. The monoisotopic (exact) mass is 443 g/mol. The van der Waals surface area contributed by atoms with E-state index in [2.05, 4.69) is 20.6 Å². The van der Waals surface area contributed by atoms with Crippen LogP contribution in [0.1, 0.15) is 22.5 Å². The van der Waals surface area contributed by atoms with E-state index in [4.69, 9.17) is 9.47 Å². The van der Waals surface area contributed by atoms with Crippen LogP contribution in [0.3, 0.4) is 0 Å². The molecule has 0 aliphatic carbocycles. The average molecular weight is 444 g/mol. The molecule has 2 aromatic heterocycles. The second kappa shape index (κ2) is 9.52. The lowest BCUT2D eigenvalue weighted by Gasteiger charge is -2.08. The standard InChI is InChI=1S/C25H25N5O3/c1-16-17(2)29-30(18(16)3)23-13-14-25(28-27-23)33-22-11-7-20(8-12-22)26-24(31)15-19-5-9-21(32-4)10-6-19/h5-14H,15H2,1-4H3,(H,26,31). The van der Waals surface area contributed by atoms with Gasteiger partial charge in [-0.25, -0.2) is 4.68 Å². The van der Waals surface area contributed by atoms with Gasteiger partial charge < -0.3 is 14.8 Å². The Hall–Kier alpha value is -4.20. The molecule has 4 aromatic rings. The summed E-state index contributed by atoms with van der Waals surface area (Å²) in [6, 6.07) is 18.1. The van der Waals surface area contributed by atoms with Gasteiger partial charge in [-0.3, -0.25) is 4.79 Å². The third kappa shape index (κ3) is 5.17. The van der Waals surface area contributed by atoms with Gasteiger partial charge >= 0.3 is 0 Å². The molecule has 4 rings (SSSR count). The molecular weight excluding hydrogens is 418 g/mol. The minimum atomic E-state index is -0.102. The molecule has 2 aromatic carbocycles. The van der Waals surface area contributed by atoms with Crippen LogP contribution in [0, 0.1) is 20.8 Å². The fourth-order valence-electron chi connectivity index (χ4n) is 3.29. The van der Waals surface area contributed by atoms with Crippen LogP contribution in [0.15, 0.2) is 60.7 Å². The first kappa shape index (κ1) is 22.0. The van der Waals surface area contributed by atoms with Crippen molar-refractivity contribution in [3.63, 3.8) is 0 Å². The van der Waals surface area contributed by atoms with Crippen molar-refractivity contribution in [2.24, 2.45) is 0 Å². The third-order valence-corrected chi connectivity index (χ3v) is 5.38. The van der Waals surface area contributed by atoms with Crippen molar-refractivity contribution in [2.45, 2.75) is 27.2 Å². The fourth-order valence-corrected chi connectivity index (χ4v) is 3.29. The van der Waals surface area contributed by atoms with Crippen LogP contribution < -0.4 is 14.8 Å². The van der Waals surface area contributed by atoms with Crippen LogP contribution in [-0.4, -0.2) is 33.0 Å². The molecule has 168 valence electrons. The topological polar surface area (TPSA) is 91.2 Å². The molecule has 0 radical (unpaired) electrons. The van der Waals surface area contributed by atoms with Crippen molar-refractivity contribution in [1.82, 2.24) is 20.0 Å². The predicted molar refractivity (Wildman–Crippen MR) is 125 cm³/mol. The van der Waals surface area contributed by atoms with E-state index in [0.29, 0.717) is 23.1 Å². The van der Waals surface area contributed by atoms with Crippen LogP contribution in [-0.2, 0) is 11.2 Å². The molecule has 0 aliphatic rings. The van der Waals surface area contributed by atoms with Gasteiger partial charge in [0.25, 0.3) is 0 Å². The van der Waals surface area contributed by atoms with Gasteiger partial charge in [0.05, 0.1) is 19.2 Å². The summed E-state index contributed by atoms with van der Waals surface area (Å²) >= 11 is 0. The molecule has 8 nitrogen and oxygen atoms in total. The molecule has 0 aliphatic heterocycles. The van der Waals surface area contributed by atoms with Crippen LogP contribution in [0.25, 0.3) is 5.82 Å². The zero-order valence-corrected chi connectivity index (χ0v) is 19.0. The van der Waals surface area contributed by atoms with Crippen molar-refractivity contribution in [2.75, 3.05) is 12.4 Å². The van der Waals surface area contributed by atoms with E-state index < -0.39 is 0 Å². The van der Waals surface area contributed by atoms with Crippen LogP contribution in [0.5, 0.6) is 17.4 Å². The van der Waals surface area contributed by atoms with Crippen LogP contribution in [0.4, 0.5) is 5.69 Å². The van der Waals surface area contributed by atoms with Gasteiger partial charge in [0.2, 0.25) is 11.8 Å². The Morgan fingerprint density at radius 1 is 0.909 bits per heavy atom. The zero-order chi connectivity index (χ0) is 23.4. The van der Waals surface area contributed by atoms with Crippen LogP contribution >= 0.6 is 0 Å². The number of benzene rings is 2. The Kier molecular flexibility index (Phi) is 6.35. The lowest BCUT2D eigenvalue weighted by atomic mass is 10.1. The van der Waals surface area contributed by atoms with Gasteiger partial charge in [-0.1, -0.05) is 12.1 Å². The highest BCUT2D eigenvalue weighted by Crippen LogP contribution is 2.22. The molecule has 0 spiro atoms. The highest BCUT2D eigenvalue weighted by Gasteiger charge is 2.11. The minimum absolute atomic E-state index is 0.102. The van der Waals surface area contributed by atoms with E-state index >= 15 is 0 Å². The zero-order valence-electron chi connectivity index (χ0n) is 19.0.